The number of sulfonamides is 1. The Morgan fingerprint density at radius 2 is 2.25 bits per heavy atom. The summed E-state index contributed by atoms with van der Waals surface area (Å²) in [4.78, 5) is 0.290. The number of fused-ring (bicyclic) bond motifs is 1. The Kier molecular flexibility index (Phi) is 3.27. The first kappa shape index (κ1) is 13.2. The van der Waals surface area contributed by atoms with E-state index in [1.807, 2.05) is 6.07 Å². The molecule has 106 valence electrons. The molecule has 0 fully saturated rings. The fourth-order valence-electron chi connectivity index (χ4n) is 2.36. The first-order chi connectivity index (χ1) is 9.54. The third-order valence-electron chi connectivity index (χ3n) is 3.33. The molecule has 0 bridgehead atoms. The van der Waals surface area contributed by atoms with Crippen LogP contribution < -0.4 is 10.0 Å². The van der Waals surface area contributed by atoms with Crippen LogP contribution in [0.2, 0.25) is 0 Å². The van der Waals surface area contributed by atoms with Crippen LogP contribution in [0, 0.1) is 0 Å². The SMILES string of the molecule is C[C@H]1Cc2cc(S(=O)(=O)NCc3ccco3)ccc2N1. The molecular formula is C14H16N2O3S. The molecule has 2 heterocycles. The van der Waals surface area contributed by atoms with Crippen LogP contribution in [0.4, 0.5) is 5.69 Å². The zero-order chi connectivity index (χ0) is 14.2. The van der Waals surface area contributed by atoms with Crippen molar-refractivity contribution >= 4 is 15.7 Å². The molecule has 2 aromatic rings. The molecule has 1 atom stereocenters. The van der Waals surface area contributed by atoms with E-state index >= 15 is 0 Å². The van der Waals surface area contributed by atoms with Crippen molar-refractivity contribution < 1.29 is 12.8 Å². The van der Waals surface area contributed by atoms with E-state index < -0.39 is 10.0 Å². The second-order valence-electron chi connectivity index (χ2n) is 4.97. The first-order valence-corrected chi connectivity index (χ1v) is 7.94. The van der Waals surface area contributed by atoms with E-state index in [2.05, 4.69) is 17.0 Å². The maximum Gasteiger partial charge on any atom is 0.240 e. The highest BCUT2D eigenvalue weighted by Gasteiger charge is 2.21. The number of anilines is 1. The molecule has 0 saturated carbocycles. The van der Waals surface area contributed by atoms with Crippen LogP contribution in [-0.2, 0) is 23.0 Å². The van der Waals surface area contributed by atoms with Gasteiger partial charge >= 0.3 is 0 Å². The predicted molar refractivity (Wildman–Crippen MR) is 76.0 cm³/mol. The van der Waals surface area contributed by atoms with Crippen LogP contribution in [0.3, 0.4) is 0 Å². The van der Waals surface area contributed by atoms with Crippen LogP contribution in [0.5, 0.6) is 0 Å². The number of rotatable bonds is 4. The molecule has 0 aliphatic carbocycles. The van der Waals surface area contributed by atoms with E-state index in [1.54, 1.807) is 24.3 Å². The van der Waals surface area contributed by atoms with E-state index in [1.165, 1.54) is 6.26 Å². The molecule has 1 aliphatic rings. The van der Waals surface area contributed by atoms with Gasteiger partial charge in [0.2, 0.25) is 10.0 Å². The lowest BCUT2D eigenvalue weighted by Crippen LogP contribution is -2.23. The minimum atomic E-state index is -3.51. The van der Waals surface area contributed by atoms with Gasteiger partial charge in [-0.15, -0.1) is 0 Å². The molecule has 0 radical (unpaired) electrons. The zero-order valence-corrected chi connectivity index (χ0v) is 11.9. The topological polar surface area (TPSA) is 71.3 Å². The van der Waals surface area contributed by atoms with Crippen LogP contribution in [0.15, 0.2) is 45.9 Å². The van der Waals surface area contributed by atoms with Crippen LogP contribution >= 0.6 is 0 Å². The molecule has 2 N–H and O–H groups in total. The van der Waals surface area contributed by atoms with Crippen LogP contribution in [0.25, 0.3) is 0 Å². The van der Waals surface area contributed by atoms with Gasteiger partial charge < -0.3 is 9.73 Å². The van der Waals surface area contributed by atoms with Gasteiger partial charge in [-0.2, -0.15) is 0 Å². The van der Waals surface area contributed by atoms with E-state index in [9.17, 15) is 8.42 Å². The summed E-state index contributed by atoms with van der Waals surface area (Å²) in [6.07, 6.45) is 2.36. The smallest absolute Gasteiger partial charge is 0.240 e. The van der Waals surface area contributed by atoms with E-state index in [-0.39, 0.29) is 6.54 Å². The summed E-state index contributed by atoms with van der Waals surface area (Å²) in [5.41, 5.74) is 2.06. The van der Waals surface area contributed by atoms with Crippen molar-refractivity contribution in [1.29, 1.82) is 0 Å². The highest BCUT2D eigenvalue weighted by Crippen LogP contribution is 2.28. The Hall–Kier alpha value is -1.79. The second-order valence-corrected chi connectivity index (χ2v) is 6.74. The minimum absolute atomic E-state index is 0.154. The summed E-state index contributed by atoms with van der Waals surface area (Å²) in [5.74, 6) is 0.588. The Morgan fingerprint density at radius 1 is 1.40 bits per heavy atom. The lowest BCUT2D eigenvalue weighted by atomic mass is 10.1. The highest BCUT2D eigenvalue weighted by molar-refractivity contribution is 7.89. The van der Waals surface area contributed by atoms with Gasteiger partial charge in [-0.05, 0) is 49.2 Å². The largest absolute Gasteiger partial charge is 0.468 e. The first-order valence-electron chi connectivity index (χ1n) is 6.46. The molecule has 1 aliphatic heterocycles. The summed E-state index contributed by atoms with van der Waals surface area (Å²) >= 11 is 0. The van der Waals surface area contributed by atoms with Crippen molar-refractivity contribution in [1.82, 2.24) is 4.72 Å². The predicted octanol–water partition coefficient (Wildman–Crippen LogP) is 2.11. The minimum Gasteiger partial charge on any atom is -0.468 e. The molecule has 0 amide bonds. The zero-order valence-electron chi connectivity index (χ0n) is 11.1. The van der Waals surface area contributed by atoms with E-state index in [0.717, 1.165) is 17.7 Å². The molecule has 0 unspecified atom stereocenters. The number of hydrogen-bond acceptors (Lipinski definition) is 4. The van der Waals surface area contributed by atoms with Gasteiger partial charge in [0.15, 0.2) is 0 Å². The summed E-state index contributed by atoms with van der Waals surface area (Å²) in [6.45, 7) is 2.23. The average Bonchev–Trinajstić information content (AvgIpc) is 3.03. The van der Waals surface area contributed by atoms with Crippen molar-refractivity contribution in [3.05, 3.63) is 47.9 Å². The molecule has 3 rings (SSSR count). The lowest BCUT2D eigenvalue weighted by molar-refractivity contribution is 0.498. The maximum atomic E-state index is 12.2. The summed E-state index contributed by atoms with van der Waals surface area (Å²) < 4.78 is 32.1. The van der Waals surface area contributed by atoms with Crippen molar-refractivity contribution in [2.75, 3.05) is 5.32 Å². The molecule has 6 heteroatoms. The average molecular weight is 292 g/mol. The van der Waals surface area contributed by atoms with Crippen molar-refractivity contribution in [3.8, 4) is 0 Å². The fourth-order valence-corrected chi connectivity index (χ4v) is 3.40. The van der Waals surface area contributed by atoms with E-state index in [4.69, 9.17) is 4.42 Å². The molecule has 0 spiro atoms. The van der Waals surface area contributed by atoms with Gasteiger partial charge in [0.05, 0.1) is 17.7 Å². The maximum absolute atomic E-state index is 12.2. The lowest BCUT2D eigenvalue weighted by Gasteiger charge is -2.07. The fraction of sp³-hybridized carbons (Fsp3) is 0.286. The quantitative estimate of drug-likeness (QED) is 0.905. The Labute approximate surface area is 118 Å². The van der Waals surface area contributed by atoms with Crippen LogP contribution in [0.1, 0.15) is 18.2 Å². The van der Waals surface area contributed by atoms with Crippen molar-refractivity contribution in [2.45, 2.75) is 30.8 Å². The van der Waals surface area contributed by atoms with Gasteiger partial charge in [-0.25, -0.2) is 13.1 Å². The van der Waals surface area contributed by atoms with Gasteiger partial charge in [0.1, 0.15) is 5.76 Å². The van der Waals surface area contributed by atoms with Crippen LogP contribution in [-0.4, -0.2) is 14.5 Å². The molecular weight excluding hydrogens is 276 g/mol. The number of nitrogens with one attached hydrogen (secondary N) is 2. The number of hydrogen-bond donors (Lipinski definition) is 2. The Bertz CT molecular complexity index is 708. The van der Waals surface area contributed by atoms with Gasteiger partial charge in [0, 0.05) is 11.7 Å². The Morgan fingerprint density at radius 3 is 3.00 bits per heavy atom. The monoisotopic (exact) mass is 292 g/mol. The molecule has 1 aromatic heterocycles. The molecule has 20 heavy (non-hydrogen) atoms. The molecule has 0 saturated heterocycles. The van der Waals surface area contributed by atoms with Crippen molar-refractivity contribution in [3.63, 3.8) is 0 Å². The Balaban J connectivity index is 1.79. The number of furan rings is 1. The summed E-state index contributed by atoms with van der Waals surface area (Å²) in [7, 11) is -3.51. The standard InChI is InChI=1S/C14H16N2O3S/c1-10-7-11-8-13(4-5-14(11)16-10)20(17,18)15-9-12-3-2-6-19-12/h2-6,8,10,15-16H,7,9H2,1H3/t10-/m0/s1. The van der Waals surface area contributed by atoms with Crippen molar-refractivity contribution in [2.24, 2.45) is 0 Å². The number of benzene rings is 1. The molecule has 5 nitrogen and oxygen atoms in total. The summed E-state index contributed by atoms with van der Waals surface area (Å²) in [6, 6.07) is 8.98. The summed E-state index contributed by atoms with van der Waals surface area (Å²) in [5, 5.41) is 3.30. The van der Waals surface area contributed by atoms with Gasteiger partial charge in [-0.3, -0.25) is 0 Å². The normalized spacial score (nSPS) is 17.8. The van der Waals surface area contributed by atoms with E-state index in [0.29, 0.717) is 16.7 Å². The third kappa shape index (κ3) is 2.57. The molecule has 1 aromatic carbocycles. The van der Waals surface area contributed by atoms with Gasteiger partial charge in [0.25, 0.3) is 0 Å². The third-order valence-corrected chi connectivity index (χ3v) is 4.73. The highest BCUT2D eigenvalue weighted by atomic mass is 32.2. The second kappa shape index (κ2) is 4.96. The van der Waals surface area contributed by atoms with Gasteiger partial charge in [-0.1, -0.05) is 0 Å².